The first-order chi connectivity index (χ1) is 19.3. The maximum Gasteiger partial charge on any atom is 2.00 e. The molecule has 5 aromatic carbocycles. The van der Waals surface area contributed by atoms with E-state index in [0.717, 1.165) is 61.4 Å². The van der Waals surface area contributed by atoms with E-state index in [-0.39, 0.29) is 21.1 Å². The number of fused-ring (bicyclic) bond motifs is 2. The molecule has 4 heteroatoms. The fraction of sp³-hybridized carbons (Fsp3) is 0. The third-order valence-electron chi connectivity index (χ3n) is 6.85. The zero-order valence-corrected chi connectivity index (χ0v) is 23.7. The number of hydrogen-bond donors (Lipinski definition) is 0. The second kappa shape index (κ2) is 11.3. The average molecular weight is 693 g/mol. The molecule has 0 unspecified atom stereocenters. The number of benzene rings is 5. The first kappa shape index (κ1) is 25.7. The first-order valence-corrected chi connectivity index (χ1v) is 12.9. The van der Waals surface area contributed by atoms with E-state index in [1.54, 1.807) is 0 Å². The molecule has 0 saturated carbocycles. The molecule has 0 saturated heterocycles. The summed E-state index contributed by atoms with van der Waals surface area (Å²) in [6.45, 7) is 0. The van der Waals surface area contributed by atoms with Crippen LogP contribution >= 0.6 is 0 Å². The molecule has 0 aliphatic carbocycles. The van der Waals surface area contributed by atoms with Gasteiger partial charge in [0.05, 0.1) is 0 Å². The van der Waals surface area contributed by atoms with Crippen molar-refractivity contribution in [3.05, 3.63) is 152 Å². The van der Waals surface area contributed by atoms with Gasteiger partial charge in [0.2, 0.25) is 0 Å². The zero-order valence-electron chi connectivity index (χ0n) is 21.4. The van der Waals surface area contributed by atoms with E-state index in [1.807, 2.05) is 54.6 Å². The second-order valence-electron chi connectivity index (χ2n) is 9.33. The molecule has 7 aromatic rings. The Morgan fingerprint density at radius 2 is 0.925 bits per heavy atom. The predicted molar refractivity (Wildman–Crippen MR) is 160 cm³/mol. The molecule has 0 N–H and O–H groups in total. The van der Waals surface area contributed by atoms with E-state index >= 15 is 0 Å². The number of anilines is 3. The SMILES string of the molecule is [Pt+2].[c-]1ccccc1-c1cc2ccccc2c(N(c2ccccc2)c2nc(-c3[c-]cccc3)cc3ccccc23)n1. The van der Waals surface area contributed by atoms with Gasteiger partial charge in [0.25, 0.3) is 0 Å². The summed E-state index contributed by atoms with van der Waals surface area (Å²) in [7, 11) is 0. The van der Waals surface area contributed by atoms with Gasteiger partial charge in [0.15, 0.2) is 0 Å². The fourth-order valence-corrected chi connectivity index (χ4v) is 5.00. The van der Waals surface area contributed by atoms with Crippen LogP contribution in [0.25, 0.3) is 44.1 Å². The standard InChI is InChI=1S/C36H23N3.Pt/c1-4-14-26(15-5-1)33-24-28-18-10-12-22-31(28)35(37-33)39(30-20-8-3-9-21-30)36-32-23-13-11-19-29(32)25-34(38-36)27-16-6-2-7-17-27;/h1-14,16,18-25H;/q-2;+2. The summed E-state index contributed by atoms with van der Waals surface area (Å²) < 4.78 is 0. The van der Waals surface area contributed by atoms with Crippen LogP contribution in [-0.4, -0.2) is 9.97 Å². The predicted octanol–water partition coefficient (Wildman–Crippen LogP) is 9.18. The number of nitrogens with zero attached hydrogens (tertiary/aromatic N) is 3. The van der Waals surface area contributed by atoms with Crippen LogP contribution in [0.5, 0.6) is 0 Å². The molecule has 0 radical (unpaired) electrons. The molecule has 2 heterocycles. The van der Waals surface area contributed by atoms with E-state index < -0.39 is 0 Å². The molecular weight excluding hydrogens is 669 g/mol. The Morgan fingerprint density at radius 3 is 1.40 bits per heavy atom. The average Bonchev–Trinajstić information content (AvgIpc) is 3.02. The molecule has 2 aromatic heterocycles. The van der Waals surface area contributed by atoms with Crippen molar-refractivity contribution in [2.24, 2.45) is 0 Å². The van der Waals surface area contributed by atoms with Crippen LogP contribution in [0.3, 0.4) is 0 Å². The molecule has 7 rings (SSSR count). The zero-order chi connectivity index (χ0) is 26.0. The number of rotatable bonds is 5. The molecule has 0 fully saturated rings. The minimum Gasteiger partial charge on any atom is -0.280 e. The Morgan fingerprint density at radius 1 is 0.475 bits per heavy atom. The fourth-order valence-electron chi connectivity index (χ4n) is 5.00. The van der Waals surface area contributed by atoms with Gasteiger partial charge in [-0.2, -0.15) is 0 Å². The Bertz CT molecular complexity index is 1780. The van der Waals surface area contributed by atoms with Crippen molar-refractivity contribution in [3.63, 3.8) is 0 Å². The third-order valence-corrected chi connectivity index (χ3v) is 6.85. The largest absolute Gasteiger partial charge is 2.00 e. The topological polar surface area (TPSA) is 29.0 Å². The molecule has 0 amide bonds. The molecule has 0 aliphatic rings. The van der Waals surface area contributed by atoms with Gasteiger partial charge in [-0.3, -0.25) is 14.9 Å². The summed E-state index contributed by atoms with van der Waals surface area (Å²) in [6, 6.07) is 54.1. The smallest absolute Gasteiger partial charge is 0.280 e. The van der Waals surface area contributed by atoms with E-state index in [1.165, 1.54) is 0 Å². The molecule has 40 heavy (non-hydrogen) atoms. The van der Waals surface area contributed by atoms with Crippen LogP contribution in [0.1, 0.15) is 0 Å². The summed E-state index contributed by atoms with van der Waals surface area (Å²) in [5.41, 5.74) is 4.60. The molecule has 3 nitrogen and oxygen atoms in total. The monoisotopic (exact) mass is 692 g/mol. The van der Waals surface area contributed by atoms with Gasteiger partial charge in [-0.05, 0) is 34.3 Å². The van der Waals surface area contributed by atoms with Gasteiger partial charge >= 0.3 is 21.1 Å². The number of hydrogen-bond acceptors (Lipinski definition) is 3. The van der Waals surface area contributed by atoms with E-state index in [9.17, 15) is 0 Å². The van der Waals surface area contributed by atoms with Gasteiger partial charge in [0, 0.05) is 16.5 Å². The Kier molecular flexibility index (Phi) is 7.23. The van der Waals surface area contributed by atoms with Crippen molar-refractivity contribution < 1.29 is 21.1 Å². The number of para-hydroxylation sites is 1. The molecule has 0 spiro atoms. The van der Waals surface area contributed by atoms with Crippen molar-refractivity contribution >= 4 is 38.9 Å². The Balaban J connectivity index is 0.00000289. The van der Waals surface area contributed by atoms with Gasteiger partial charge in [0.1, 0.15) is 11.6 Å². The van der Waals surface area contributed by atoms with Gasteiger partial charge in [-0.15, -0.1) is 71.8 Å². The summed E-state index contributed by atoms with van der Waals surface area (Å²) in [5.74, 6) is 1.64. The number of aromatic nitrogens is 2. The van der Waals surface area contributed by atoms with Gasteiger partial charge in [-0.1, -0.05) is 78.9 Å². The summed E-state index contributed by atoms with van der Waals surface area (Å²) >= 11 is 0. The summed E-state index contributed by atoms with van der Waals surface area (Å²) in [5, 5.41) is 4.30. The molecule has 0 bridgehead atoms. The van der Waals surface area contributed by atoms with Crippen LogP contribution in [0.4, 0.5) is 17.3 Å². The summed E-state index contributed by atoms with van der Waals surface area (Å²) in [4.78, 5) is 12.7. The Hall–Kier alpha value is -4.59. The van der Waals surface area contributed by atoms with Crippen LogP contribution in [-0.2, 0) is 21.1 Å². The second-order valence-corrected chi connectivity index (χ2v) is 9.33. The first-order valence-electron chi connectivity index (χ1n) is 12.9. The molecule has 192 valence electrons. The van der Waals surface area contributed by atoms with Crippen molar-refractivity contribution in [2.75, 3.05) is 4.90 Å². The van der Waals surface area contributed by atoms with Crippen LogP contribution in [0.15, 0.2) is 140 Å². The minimum absolute atomic E-state index is 0. The number of pyridine rings is 2. The van der Waals surface area contributed by atoms with Crippen molar-refractivity contribution in [1.29, 1.82) is 0 Å². The van der Waals surface area contributed by atoms with Crippen molar-refractivity contribution in [3.8, 4) is 22.5 Å². The maximum atomic E-state index is 5.28. The Labute approximate surface area is 248 Å². The normalized spacial score (nSPS) is 10.8. The van der Waals surface area contributed by atoms with Crippen LogP contribution < -0.4 is 4.90 Å². The third kappa shape index (κ3) is 4.81. The van der Waals surface area contributed by atoms with E-state index in [2.05, 4.69) is 102 Å². The summed E-state index contributed by atoms with van der Waals surface area (Å²) in [6.07, 6.45) is 0. The molecular formula is C36H23N3Pt. The van der Waals surface area contributed by atoms with E-state index in [0.29, 0.717) is 0 Å². The molecule has 0 atom stereocenters. The maximum absolute atomic E-state index is 5.28. The van der Waals surface area contributed by atoms with Crippen molar-refractivity contribution in [2.45, 2.75) is 0 Å². The van der Waals surface area contributed by atoms with Crippen molar-refractivity contribution in [1.82, 2.24) is 9.97 Å². The van der Waals surface area contributed by atoms with Crippen LogP contribution in [0.2, 0.25) is 0 Å². The van der Waals surface area contributed by atoms with E-state index in [4.69, 9.17) is 9.97 Å². The minimum atomic E-state index is 0. The van der Waals surface area contributed by atoms with Gasteiger partial charge in [-0.25, -0.2) is 0 Å². The molecule has 0 aliphatic heterocycles. The van der Waals surface area contributed by atoms with Crippen LogP contribution in [0, 0.1) is 12.1 Å². The van der Waals surface area contributed by atoms with Gasteiger partial charge < -0.3 is 0 Å². The quantitative estimate of drug-likeness (QED) is 0.169.